The summed E-state index contributed by atoms with van der Waals surface area (Å²) in [5.74, 6) is 0. The minimum Gasteiger partial charge on any atom is -0.300 e. The SMILES string of the molecule is [CH2]CN1CCC(C)(F)C1. The van der Waals surface area contributed by atoms with Crippen LogP contribution >= 0.6 is 0 Å². The number of nitrogens with zero attached hydrogens (tertiary/aromatic N) is 1. The summed E-state index contributed by atoms with van der Waals surface area (Å²) in [5.41, 5.74) is -0.947. The highest BCUT2D eigenvalue weighted by Crippen LogP contribution is 2.23. The summed E-state index contributed by atoms with van der Waals surface area (Å²) in [4.78, 5) is 2.03. The van der Waals surface area contributed by atoms with E-state index in [1.807, 2.05) is 4.90 Å². The van der Waals surface area contributed by atoms with Gasteiger partial charge in [0.2, 0.25) is 0 Å². The van der Waals surface area contributed by atoms with Crippen LogP contribution in [0, 0.1) is 6.92 Å². The van der Waals surface area contributed by atoms with Crippen LogP contribution in [0.3, 0.4) is 0 Å². The Labute approximate surface area is 55.8 Å². The van der Waals surface area contributed by atoms with Crippen LogP contribution in [0.5, 0.6) is 0 Å². The molecule has 1 saturated heterocycles. The van der Waals surface area contributed by atoms with Crippen molar-refractivity contribution in [1.82, 2.24) is 4.90 Å². The molecule has 0 saturated carbocycles. The van der Waals surface area contributed by atoms with Crippen molar-refractivity contribution >= 4 is 0 Å². The van der Waals surface area contributed by atoms with Crippen LogP contribution in [-0.2, 0) is 0 Å². The molecule has 1 aliphatic rings. The number of rotatable bonds is 1. The third kappa shape index (κ3) is 1.65. The highest BCUT2D eigenvalue weighted by Gasteiger charge is 2.32. The number of hydrogen-bond donors (Lipinski definition) is 0. The molecule has 1 nitrogen and oxygen atoms in total. The Morgan fingerprint density at radius 3 is 2.67 bits per heavy atom. The van der Waals surface area contributed by atoms with Crippen LogP contribution in [0.15, 0.2) is 0 Å². The lowest BCUT2D eigenvalue weighted by atomic mass is 10.1. The van der Waals surface area contributed by atoms with Gasteiger partial charge in [0, 0.05) is 13.1 Å². The first kappa shape index (κ1) is 7.00. The predicted molar refractivity (Wildman–Crippen MR) is 35.9 cm³/mol. The van der Waals surface area contributed by atoms with Crippen LogP contribution < -0.4 is 0 Å². The third-order valence-electron chi connectivity index (χ3n) is 1.82. The molecule has 53 valence electrons. The van der Waals surface area contributed by atoms with Crippen LogP contribution in [0.2, 0.25) is 0 Å². The second kappa shape index (κ2) is 2.25. The van der Waals surface area contributed by atoms with Crippen LogP contribution in [0.25, 0.3) is 0 Å². The van der Waals surface area contributed by atoms with Crippen molar-refractivity contribution in [2.45, 2.75) is 19.0 Å². The van der Waals surface area contributed by atoms with Crippen molar-refractivity contribution in [3.63, 3.8) is 0 Å². The second-order valence-corrected chi connectivity index (χ2v) is 2.94. The second-order valence-electron chi connectivity index (χ2n) is 2.94. The number of hydrogen-bond acceptors (Lipinski definition) is 1. The van der Waals surface area contributed by atoms with Crippen molar-refractivity contribution in [2.24, 2.45) is 0 Å². The molecule has 1 radical (unpaired) electrons. The van der Waals surface area contributed by atoms with E-state index in [0.717, 1.165) is 13.1 Å². The van der Waals surface area contributed by atoms with Crippen molar-refractivity contribution in [3.05, 3.63) is 6.92 Å². The van der Waals surface area contributed by atoms with Gasteiger partial charge in [-0.05, 0) is 26.8 Å². The maximum Gasteiger partial charge on any atom is 0.122 e. The van der Waals surface area contributed by atoms with Crippen LogP contribution in [0.1, 0.15) is 13.3 Å². The average Bonchev–Trinajstić information content (AvgIpc) is 2.10. The van der Waals surface area contributed by atoms with E-state index in [1.165, 1.54) is 0 Å². The molecular formula is C7H13FN. The molecule has 0 aromatic carbocycles. The Morgan fingerprint density at radius 2 is 2.44 bits per heavy atom. The molecule has 0 bridgehead atoms. The van der Waals surface area contributed by atoms with E-state index < -0.39 is 5.67 Å². The first-order valence-corrected chi connectivity index (χ1v) is 3.34. The van der Waals surface area contributed by atoms with Gasteiger partial charge in [0.15, 0.2) is 0 Å². The van der Waals surface area contributed by atoms with Crippen LogP contribution in [0.4, 0.5) is 4.39 Å². The van der Waals surface area contributed by atoms with Gasteiger partial charge in [-0.15, -0.1) is 0 Å². The fourth-order valence-corrected chi connectivity index (χ4v) is 1.21. The normalized spacial score (nSPS) is 37.7. The topological polar surface area (TPSA) is 3.24 Å². The quantitative estimate of drug-likeness (QED) is 0.516. The van der Waals surface area contributed by atoms with Gasteiger partial charge in [-0.1, -0.05) is 0 Å². The van der Waals surface area contributed by atoms with Gasteiger partial charge < -0.3 is 4.90 Å². The maximum atomic E-state index is 13.0. The van der Waals surface area contributed by atoms with Gasteiger partial charge in [-0.25, -0.2) is 4.39 Å². The Hall–Kier alpha value is -0.110. The molecule has 0 N–H and O–H groups in total. The zero-order valence-electron chi connectivity index (χ0n) is 5.86. The van der Waals surface area contributed by atoms with Gasteiger partial charge in [0.25, 0.3) is 0 Å². The Morgan fingerprint density at radius 1 is 1.78 bits per heavy atom. The summed E-state index contributed by atoms with van der Waals surface area (Å²) in [5, 5.41) is 0. The minimum atomic E-state index is -0.947. The van der Waals surface area contributed by atoms with Crippen molar-refractivity contribution < 1.29 is 4.39 Å². The smallest absolute Gasteiger partial charge is 0.122 e. The zero-order chi connectivity index (χ0) is 6.91. The standard InChI is InChI=1S/C7H13FN/c1-3-9-5-4-7(2,8)6-9/h1,3-6H2,2H3. The number of likely N-dealkylation sites (tertiary alicyclic amines) is 1. The molecule has 1 unspecified atom stereocenters. The fraction of sp³-hybridized carbons (Fsp3) is 0.857. The van der Waals surface area contributed by atoms with Crippen LogP contribution in [-0.4, -0.2) is 30.2 Å². The van der Waals surface area contributed by atoms with E-state index in [2.05, 4.69) is 6.92 Å². The molecule has 1 atom stereocenters. The molecule has 1 heterocycles. The van der Waals surface area contributed by atoms with Crippen molar-refractivity contribution in [3.8, 4) is 0 Å². The van der Waals surface area contributed by atoms with E-state index in [4.69, 9.17) is 0 Å². The lowest BCUT2D eigenvalue weighted by Gasteiger charge is -2.13. The van der Waals surface area contributed by atoms with E-state index in [1.54, 1.807) is 6.92 Å². The number of halogens is 1. The van der Waals surface area contributed by atoms with Crippen molar-refractivity contribution in [2.75, 3.05) is 19.6 Å². The van der Waals surface area contributed by atoms with E-state index in [0.29, 0.717) is 13.0 Å². The first-order chi connectivity index (χ1) is 4.14. The Balaban J connectivity index is 2.38. The summed E-state index contributed by atoms with van der Waals surface area (Å²) in [6.45, 7) is 7.52. The molecule has 0 spiro atoms. The lowest BCUT2D eigenvalue weighted by Crippen LogP contribution is -2.25. The van der Waals surface area contributed by atoms with Gasteiger partial charge in [-0.3, -0.25) is 0 Å². The van der Waals surface area contributed by atoms with Gasteiger partial charge >= 0.3 is 0 Å². The summed E-state index contributed by atoms with van der Waals surface area (Å²) >= 11 is 0. The molecule has 0 aliphatic carbocycles. The lowest BCUT2D eigenvalue weighted by molar-refractivity contribution is 0.193. The monoisotopic (exact) mass is 130 g/mol. The van der Waals surface area contributed by atoms with Gasteiger partial charge in [0.05, 0.1) is 0 Å². The average molecular weight is 130 g/mol. The Bertz CT molecular complexity index is 101. The largest absolute Gasteiger partial charge is 0.300 e. The minimum absolute atomic E-state index is 0.566. The molecule has 1 aliphatic heterocycles. The third-order valence-corrected chi connectivity index (χ3v) is 1.82. The summed E-state index contributed by atoms with van der Waals surface area (Å²) in [6.07, 6.45) is 0.669. The highest BCUT2D eigenvalue weighted by atomic mass is 19.1. The molecule has 1 rings (SSSR count). The van der Waals surface area contributed by atoms with E-state index >= 15 is 0 Å². The molecule has 0 aromatic rings. The summed E-state index contributed by atoms with van der Waals surface area (Å²) in [7, 11) is 0. The van der Waals surface area contributed by atoms with Crippen molar-refractivity contribution in [1.29, 1.82) is 0 Å². The Kier molecular flexibility index (Phi) is 1.75. The molecule has 0 aromatic heterocycles. The molecule has 0 amide bonds. The van der Waals surface area contributed by atoms with E-state index in [-0.39, 0.29) is 0 Å². The van der Waals surface area contributed by atoms with E-state index in [9.17, 15) is 4.39 Å². The molecule has 1 fully saturated rings. The fourth-order valence-electron chi connectivity index (χ4n) is 1.21. The zero-order valence-corrected chi connectivity index (χ0v) is 5.86. The molecule has 2 heteroatoms. The first-order valence-electron chi connectivity index (χ1n) is 3.34. The summed E-state index contributed by atoms with van der Waals surface area (Å²) < 4.78 is 13.0. The number of alkyl halides is 1. The van der Waals surface area contributed by atoms with Gasteiger partial charge in [0.1, 0.15) is 5.67 Å². The maximum absolute atomic E-state index is 13.0. The summed E-state index contributed by atoms with van der Waals surface area (Å²) in [6, 6.07) is 0. The predicted octanol–water partition coefficient (Wildman–Crippen LogP) is 1.25. The highest BCUT2D eigenvalue weighted by molar-refractivity contribution is 4.86. The van der Waals surface area contributed by atoms with Gasteiger partial charge in [-0.2, -0.15) is 0 Å². The molecule has 9 heavy (non-hydrogen) atoms. The molecular weight excluding hydrogens is 117 g/mol.